The molecule has 0 aliphatic carbocycles. The van der Waals surface area contributed by atoms with Gasteiger partial charge in [0.2, 0.25) is 5.91 Å². The number of amides is 1. The zero-order chi connectivity index (χ0) is 15.4. The minimum atomic E-state index is -0.820. The summed E-state index contributed by atoms with van der Waals surface area (Å²) in [5, 5.41) is 3.33. The molecule has 0 fully saturated rings. The molecule has 0 unspecified atom stereocenters. The standard InChI is InChI=1S/C15H11Cl2F2NO/c16-11-2-1-3-12(17)10(11)5-7-15(21)20-14-6-4-9(18)8-13(14)19/h1-4,6,8H,5,7H2,(H,20,21). The van der Waals surface area contributed by atoms with Gasteiger partial charge in [-0.2, -0.15) is 0 Å². The first-order valence-corrected chi connectivity index (χ1v) is 6.91. The molecule has 6 heteroatoms. The molecule has 0 saturated carbocycles. The summed E-state index contributed by atoms with van der Waals surface area (Å²) in [4.78, 5) is 11.8. The zero-order valence-electron chi connectivity index (χ0n) is 10.8. The summed E-state index contributed by atoms with van der Waals surface area (Å²) in [7, 11) is 0. The van der Waals surface area contributed by atoms with Crippen molar-refractivity contribution in [2.75, 3.05) is 5.32 Å². The molecule has 0 aliphatic rings. The number of carbonyl (C=O) groups is 1. The molecule has 0 bridgehead atoms. The molecule has 0 radical (unpaired) electrons. The molecule has 0 spiro atoms. The second-order valence-electron chi connectivity index (χ2n) is 4.37. The van der Waals surface area contributed by atoms with Crippen LogP contribution in [0.1, 0.15) is 12.0 Å². The number of hydrogen-bond acceptors (Lipinski definition) is 1. The van der Waals surface area contributed by atoms with Crippen LogP contribution in [-0.2, 0) is 11.2 Å². The number of carbonyl (C=O) groups excluding carboxylic acids is 1. The average Bonchev–Trinajstić information content (AvgIpc) is 2.41. The van der Waals surface area contributed by atoms with E-state index in [9.17, 15) is 13.6 Å². The molecule has 0 saturated heterocycles. The van der Waals surface area contributed by atoms with Crippen molar-refractivity contribution in [2.24, 2.45) is 0 Å². The van der Waals surface area contributed by atoms with Crippen LogP contribution in [0.4, 0.5) is 14.5 Å². The number of halogens is 4. The Labute approximate surface area is 130 Å². The van der Waals surface area contributed by atoms with Gasteiger partial charge in [0.25, 0.3) is 0 Å². The molecule has 0 atom stereocenters. The van der Waals surface area contributed by atoms with E-state index >= 15 is 0 Å². The molecular formula is C15H11Cl2F2NO. The Morgan fingerprint density at radius 1 is 1.10 bits per heavy atom. The summed E-state index contributed by atoms with van der Waals surface area (Å²) in [6.45, 7) is 0. The third kappa shape index (κ3) is 4.16. The zero-order valence-corrected chi connectivity index (χ0v) is 12.3. The first-order valence-electron chi connectivity index (χ1n) is 6.15. The van der Waals surface area contributed by atoms with Gasteiger partial charge in [0, 0.05) is 22.5 Å². The van der Waals surface area contributed by atoms with Crippen LogP contribution in [0.2, 0.25) is 10.0 Å². The first-order chi connectivity index (χ1) is 9.97. The van der Waals surface area contributed by atoms with Gasteiger partial charge in [-0.1, -0.05) is 29.3 Å². The average molecular weight is 330 g/mol. The molecule has 2 aromatic rings. The van der Waals surface area contributed by atoms with Gasteiger partial charge in [0.05, 0.1) is 5.69 Å². The second-order valence-corrected chi connectivity index (χ2v) is 5.19. The molecule has 110 valence electrons. The number of anilines is 1. The van der Waals surface area contributed by atoms with E-state index in [0.717, 1.165) is 6.07 Å². The molecular weight excluding hydrogens is 319 g/mol. The largest absolute Gasteiger partial charge is 0.324 e. The molecule has 1 N–H and O–H groups in total. The van der Waals surface area contributed by atoms with Gasteiger partial charge >= 0.3 is 0 Å². The van der Waals surface area contributed by atoms with Crippen LogP contribution >= 0.6 is 23.2 Å². The van der Waals surface area contributed by atoms with E-state index in [-0.39, 0.29) is 12.1 Å². The minimum Gasteiger partial charge on any atom is -0.324 e. The fourth-order valence-corrected chi connectivity index (χ4v) is 2.40. The SMILES string of the molecule is O=C(CCc1c(Cl)cccc1Cl)Nc1ccc(F)cc1F. The van der Waals surface area contributed by atoms with Crippen molar-refractivity contribution in [1.29, 1.82) is 0 Å². The van der Waals surface area contributed by atoms with Gasteiger partial charge in [-0.25, -0.2) is 8.78 Å². The third-order valence-corrected chi connectivity index (χ3v) is 3.58. The number of benzene rings is 2. The Morgan fingerprint density at radius 3 is 2.38 bits per heavy atom. The van der Waals surface area contributed by atoms with Gasteiger partial charge in [-0.05, 0) is 36.2 Å². The molecule has 2 rings (SSSR count). The van der Waals surface area contributed by atoms with Crippen LogP contribution in [0.5, 0.6) is 0 Å². The molecule has 0 aliphatic heterocycles. The topological polar surface area (TPSA) is 29.1 Å². The maximum Gasteiger partial charge on any atom is 0.224 e. The molecule has 1 amide bonds. The van der Waals surface area contributed by atoms with Gasteiger partial charge in [-0.3, -0.25) is 4.79 Å². The van der Waals surface area contributed by atoms with Crippen molar-refractivity contribution in [1.82, 2.24) is 0 Å². The lowest BCUT2D eigenvalue weighted by Crippen LogP contribution is -2.13. The van der Waals surface area contributed by atoms with Crippen LogP contribution in [0.15, 0.2) is 36.4 Å². The van der Waals surface area contributed by atoms with Crippen molar-refractivity contribution in [2.45, 2.75) is 12.8 Å². The maximum atomic E-state index is 13.4. The van der Waals surface area contributed by atoms with E-state index in [2.05, 4.69) is 5.32 Å². The van der Waals surface area contributed by atoms with Gasteiger partial charge in [0.15, 0.2) is 0 Å². The van der Waals surface area contributed by atoms with Gasteiger partial charge in [-0.15, -0.1) is 0 Å². The van der Waals surface area contributed by atoms with Crippen molar-refractivity contribution in [3.8, 4) is 0 Å². The maximum absolute atomic E-state index is 13.4. The fourth-order valence-electron chi connectivity index (χ4n) is 1.81. The Balaban J connectivity index is 1.99. The highest BCUT2D eigenvalue weighted by molar-refractivity contribution is 6.36. The Bertz CT molecular complexity index is 656. The van der Waals surface area contributed by atoms with E-state index in [4.69, 9.17) is 23.2 Å². The lowest BCUT2D eigenvalue weighted by atomic mass is 10.1. The highest BCUT2D eigenvalue weighted by atomic mass is 35.5. The first kappa shape index (κ1) is 15.7. The predicted molar refractivity (Wildman–Crippen MR) is 79.8 cm³/mol. The van der Waals surface area contributed by atoms with Crippen LogP contribution in [0, 0.1) is 11.6 Å². The lowest BCUT2D eigenvalue weighted by Gasteiger charge is -2.08. The summed E-state index contributed by atoms with van der Waals surface area (Å²) in [5.74, 6) is -1.93. The van der Waals surface area contributed by atoms with Crippen LogP contribution in [0.25, 0.3) is 0 Å². The third-order valence-electron chi connectivity index (χ3n) is 2.87. The summed E-state index contributed by atoms with van der Waals surface area (Å²) in [6.07, 6.45) is 0.410. The van der Waals surface area contributed by atoms with Crippen molar-refractivity contribution in [3.63, 3.8) is 0 Å². The predicted octanol–water partition coefficient (Wildman–Crippen LogP) is 4.84. The van der Waals surface area contributed by atoms with Crippen molar-refractivity contribution in [3.05, 3.63) is 63.6 Å². The molecule has 21 heavy (non-hydrogen) atoms. The molecule has 2 nitrogen and oxygen atoms in total. The van der Waals surface area contributed by atoms with Gasteiger partial charge < -0.3 is 5.32 Å². The molecule has 0 aromatic heterocycles. The van der Waals surface area contributed by atoms with Gasteiger partial charge in [0.1, 0.15) is 11.6 Å². The van der Waals surface area contributed by atoms with Crippen LogP contribution < -0.4 is 5.32 Å². The van der Waals surface area contributed by atoms with E-state index in [1.54, 1.807) is 18.2 Å². The second kappa shape index (κ2) is 6.87. The lowest BCUT2D eigenvalue weighted by molar-refractivity contribution is -0.116. The summed E-state index contributed by atoms with van der Waals surface area (Å²) >= 11 is 12.0. The molecule has 0 heterocycles. The Morgan fingerprint density at radius 2 is 1.76 bits per heavy atom. The Kier molecular flexibility index (Phi) is 5.15. The van der Waals surface area contributed by atoms with Crippen LogP contribution in [0.3, 0.4) is 0 Å². The number of hydrogen-bond donors (Lipinski definition) is 1. The van der Waals surface area contributed by atoms with Crippen molar-refractivity contribution >= 4 is 34.8 Å². The van der Waals surface area contributed by atoms with E-state index in [0.29, 0.717) is 28.1 Å². The minimum absolute atomic E-state index is 0.0633. The Hall–Kier alpha value is -1.65. The smallest absolute Gasteiger partial charge is 0.224 e. The quantitative estimate of drug-likeness (QED) is 0.854. The molecule has 2 aromatic carbocycles. The van der Waals surface area contributed by atoms with E-state index < -0.39 is 17.5 Å². The fraction of sp³-hybridized carbons (Fsp3) is 0.133. The highest BCUT2D eigenvalue weighted by Gasteiger charge is 2.11. The highest BCUT2D eigenvalue weighted by Crippen LogP contribution is 2.25. The number of nitrogens with one attached hydrogen (secondary N) is 1. The van der Waals surface area contributed by atoms with Crippen molar-refractivity contribution < 1.29 is 13.6 Å². The monoisotopic (exact) mass is 329 g/mol. The van der Waals surface area contributed by atoms with E-state index in [1.807, 2.05) is 0 Å². The summed E-state index contributed by atoms with van der Waals surface area (Å²) in [6, 6.07) is 8.03. The summed E-state index contributed by atoms with van der Waals surface area (Å²) < 4.78 is 26.2. The van der Waals surface area contributed by atoms with Crippen LogP contribution in [-0.4, -0.2) is 5.91 Å². The van der Waals surface area contributed by atoms with E-state index in [1.165, 1.54) is 6.07 Å². The summed E-state index contributed by atoms with van der Waals surface area (Å²) in [5.41, 5.74) is 0.599. The normalized spacial score (nSPS) is 10.5. The number of rotatable bonds is 4.